The molecule has 0 radical (unpaired) electrons. The van der Waals surface area contributed by atoms with Crippen LogP contribution in [0.5, 0.6) is 0 Å². The molecule has 0 bridgehead atoms. The number of Topliss-reactive ketones (excluding diaryl/α,β-unsaturated/α-hetero) is 1. The van der Waals surface area contributed by atoms with Crippen LogP contribution in [-0.2, 0) is 4.79 Å². The first-order valence-electron chi connectivity index (χ1n) is 6.41. The van der Waals surface area contributed by atoms with Crippen LogP contribution in [0.4, 0.5) is 0 Å². The van der Waals surface area contributed by atoms with Crippen molar-refractivity contribution in [1.82, 2.24) is 0 Å². The van der Waals surface area contributed by atoms with Gasteiger partial charge in [-0.05, 0) is 51.4 Å². The van der Waals surface area contributed by atoms with Gasteiger partial charge in [-0.15, -0.1) is 0 Å². The molecule has 2 aliphatic carbocycles. The maximum Gasteiger partial charge on any atom is 0.133 e. The van der Waals surface area contributed by atoms with E-state index in [1.807, 2.05) is 0 Å². The molecule has 0 aromatic heterocycles. The van der Waals surface area contributed by atoms with E-state index in [-0.39, 0.29) is 0 Å². The van der Waals surface area contributed by atoms with E-state index in [4.69, 9.17) is 0 Å². The molecule has 0 aliphatic heterocycles. The summed E-state index contributed by atoms with van der Waals surface area (Å²) in [5.74, 6) is 1.25. The molecule has 2 rings (SSSR count). The second-order valence-corrected chi connectivity index (χ2v) is 5.23. The van der Waals surface area contributed by atoms with Crippen molar-refractivity contribution in [3.05, 3.63) is 11.1 Å². The number of rotatable bonds is 1. The Bertz CT molecular complexity index is 288. The zero-order valence-electron chi connectivity index (χ0n) is 10.0. The molecule has 0 saturated carbocycles. The minimum atomic E-state index is 0.321. The van der Waals surface area contributed by atoms with E-state index >= 15 is 0 Å². The number of allylic oxidation sites excluding steroid dienone is 2. The van der Waals surface area contributed by atoms with Gasteiger partial charge in [-0.2, -0.15) is 0 Å². The van der Waals surface area contributed by atoms with Gasteiger partial charge in [0.05, 0.1) is 0 Å². The minimum Gasteiger partial charge on any atom is -0.300 e. The van der Waals surface area contributed by atoms with Crippen LogP contribution in [0.15, 0.2) is 11.1 Å². The van der Waals surface area contributed by atoms with Crippen molar-refractivity contribution < 1.29 is 4.79 Å². The lowest BCUT2D eigenvalue weighted by atomic mass is 9.73. The second-order valence-electron chi connectivity index (χ2n) is 5.23. The molecule has 0 amide bonds. The molecule has 1 nitrogen and oxygen atoms in total. The summed E-state index contributed by atoms with van der Waals surface area (Å²) >= 11 is 0. The van der Waals surface area contributed by atoms with E-state index in [1.54, 1.807) is 18.1 Å². The van der Waals surface area contributed by atoms with Crippen LogP contribution in [0.3, 0.4) is 0 Å². The molecule has 0 heterocycles. The first-order valence-corrected chi connectivity index (χ1v) is 6.41. The van der Waals surface area contributed by atoms with Gasteiger partial charge in [0.1, 0.15) is 5.78 Å². The quantitative estimate of drug-likeness (QED) is 0.595. The highest BCUT2D eigenvalue weighted by molar-refractivity contribution is 5.79. The maximum atomic E-state index is 11.5. The third kappa shape index (κ3) is 2.16. The highest BCUT2D eigenvalue weighted by atomic mass is 16.1. The fourth-order valence-corrected chi connectivity index (χ4v) is 3.38. The van der Waals surface area contributed by atoms with Gasteiger partial charge in [0.15, 0.2) is 0 Å². The van der Waals surface area contributed by atoms with Crippen LogP contribution in [0, 0.1) is 11.8 Å². The molecule has 0 aromatic carbocycles. The number of carbonyl (C=O) groups excluding carboxylic acids is 1. The predicted octanol–water partition coefficient (Wildman–Crippen LogP) is 3.88. The molecule has 0 N–H and O–H groups in total. The summed E-state index contributed by atoms with van der Waals surface area (Å²) in [6.07, 6.45) is 8.97. The Kier molecular flexibility index (Phi) is 3.28. The molecule has 0 saturated heterocycles. The maximum absolute atomic E-state index is 11.5. The number of hydrogen-bond acceptors (Lipinski definition) is 1. The Hall–Kier alpha value is -0.590. The number of carbonyl (C=O) groups is 1. The molecule has 15 heavy (non-hydrogen) atoms. The standard InChI is InChI=1S/C14H22O/c1-10-13(11(2)15)9-8-12-6-4-3-5-7-14(10)12/h10,13H,3-9H2,1-2H3/t10-,13-/m0/s1. The van der Waals surface area contributed by atoms with Gasteiger partial charge in [-0.25, -0.2) is 0 Å². The molecule has 84 valence electrons. The van der Waals surface area contributed by atoms with E-state index in [0.29, 0.717) is 17.6 Å². The van der Waals surface area contributed by atoms with Crippen molar-refractivity contribution in [2.24, 2.45) is 11.8 Å². The molecule has 0 fully saturated rings. The zero-order chi connectivity index (χ0) is 10.8. The fourth-order valence-electron chi connectivity index (χ4n) is 3.38. The topological polar surface area (TPSA) is 17.1 Å². The van der Waals surface area contributed by atoms with Gasteiger partial charge in [-0.3, -0.25) is 4.79 Å². The Morgan fingerprint density at radius 2 is 1.87 bits per heavy atom. The number of hydrogen-bond donors (Lipinski definition) is 0. The van der Waals surface area contributed by atoms with Gasteiger partial charge in [0.25, 0.3) is 0 Å². The van der Waals surface area contributed by atoms with E-state index in [0.717, 1.165) is 6.42 Å². The smallest absolute Gasteiger partial charge is 0.133 e. The van der Waals surface area contributed by atoms with E-state index in [1.165, 1.54) is 38.5 Å². The highest BCUT2D eigenvalue weighted by Gasteiger charge is 2.31. The van der Waals surface area contributed by atoms with E-state index in [2.05, 4.69) is 6.92 Å². The third-order valence-electron chi connectivity index (χ3n) is 4.31. The molecule has 1 heteroatoms. The lowest BCUT2D eigenvalue weighted by Gasteiger charge is -2.31. The summed E-state index contributed by atoms with van der Waals surface area (Å²) in [6, 6.07) is 0. The largest absolute Gasteiger partial charge is 0.300 e. The van der Waals surface area contributed by atoms with Crippen LogP contribution in [0.25, 0.3) is 0 Å². The van der Waals surface area contributed by atoms with Crippen molar-refractivity contribution in [3.8, 4) is 0 Å². The third-order valence-corrected chi connectivity index (χ3v) is 4.31. The summed E-state index contributed by atoms with van der Waals surface area (Å²) in [6.45, 7) is 4.04. The summed E-state index contributed by atoms with van der Waals surface area (Å²) in [7, 11) is 0. The lowest BCUT2D eigenvalue weighted by Crippen LogP contribution is -2.25. The minimum absolute atomic E-state index is 0.321. The van der Waals surface area contributed by atoms with E-state index < -0.39 is 0 Å². The van der Waals surface area contributed by atoms with Crippen LogP contribution in [0.2, 0.25) is 0 Å². The first-order chi connectivity index (χ1) is 7.20. The van der Waals surface area contributed by atoms with Crippen LogP contribution >= 0.6 is 0 Å². The Morgan fingerprint density at radius 1 is 1.13 bits per heavy atom. The summed E-state index contributed by atoms with van der Waals surface area (Å²) in [5, 5.41) is 0. The fraction of sp³-hybridized carbons (Fsp3) is 0.786. The average Bonchev–Trinajstić information content (AvgIpc) is 2.43. The van der Waals surface area contributed by atoms with Crippen LogP contribution in [0.1, 0.15) is 58.8 Å². The first kappa shape index (κ1) is 10.9. The summed E-state index contributed by atoms with van der Waals surface area (Å²) in [5.41, 5.74) is 3.36. The summed E-state index contributed by atoms with van der Waals surface area (Å²) in [4.78, 5) is 11.5. The second kappa shape index (κ2) is 4.51. The molecular weight excluding hydrogens is 184 g/mol. The van der Waals surface area contributed by atoms with Crippen molar-refractivity contribution >= 4 is 5.78 Å². The van der Waals surface area contributed by atoms with Crippen molar-refractivity contribution in [3.63, 3.8) is 0 Å². The highest BCUT2D eigenvalue weighted by Crippen LogP contribution is 2.41. The van der Waals surface area contributed by atoms with Crippen LogP contribution < -0.4 is 0 Å². The molecule has 2 aliphatic rings. The zero-order valence-corrected chi connectivity index (χ0v) is 10.0. The Morgan fingerprint density at radius 3 is 2.60 bits per heavy atom. The van der Waals surface area contributed by atoms with Crippen molar-refractivity contribution in [1.29, 1.82) is 0 Å². The summed E-state index contributed by atoms with van der Waals surface area (Å²) < 4.78 is 0. The number of ketones is 1. The van der Waals surface area contributed by atoms with E-state index in [9.17, 15) is 4.79 Å². The Balaban J connectivity index is 2.20. The molecular formula is C14H22O. The van der Waals surface area contributed by atoms with Crippen molar-refractivity contribution in [2.75, 3.05) is 0 Å². The monoisotopic (exact) mass is 206 g/mol. The SMILES string of the molecule is CC(=O)[C@H]1CCC2=C(CCCCC2)[C@H]1C. The van der Waals surface area contributed by atoms with Gasteiger partial charge >= 0.3 is 0 Å². The molecule has 0 spiro atoms. The molecule has 0 aromatic rings. The lowest BCUT2D eigenvalue weighted by molar-refractivity contribution is -0.122. The Labute approximate surface area is 92.9 Å². The van der Waals surface area contributed by atoms with Crippen molar-refractivity contribution in [2.45, 2.75) is 58.8 Å². The molecule has 0 unspecified atom stereocenters. The van der Waals surface area contributed by atoms with Gasteiger partial charge in [0, 0.05) is 5.92 Å². The predicted molar refractivity (Wildman–Crippen MR) is 62.7 cm³/mol. The van der Waals surface area contributed by atoms with Gasteiger partial charge in [-0.1, -0.05) is 24.5 Å². The normalized spacial score (nSPS) is 32.1. The average molecular weight is 206 g/mol. The molecule has 2 atom stereocenters. The van der Waals surface area contributed by atoms with Gasteiger partial charge < -0.3 is 0 Å². The van der Waals surface area contributed by atoms with Crippen LogP contribution in [-0.4, -0.2) is 5.78 Å². The van der Waals surface area contributed by atoms with Gasteiger partial charge in [0.2, 0.25) is 0 Å².